The first-order chi connectivity index (χ1) is 11.0. The third kappa shape index (κ3) is 3.10. The van der Waals surface area contributed by atoms with Crippen molar-refractivity contribution in [1.29, 1.82) is 0 Å². The Morgan fingerprint density at radius 2 is 1.96 bits per heavy atom. The Morgan fingerprint density at radius 1 is 1.17 bits per heavy atom. The maximum absolute atomic E-state index is 14.1. The molecule has 2 heterocycles. The summed E-state index contributed by atoms with van der Waals surface area (Å²) in [4.78, 5) is 16.4. The molecule has 2 aromatic heterocycles. The van der Waals surface area contributed by atoms with Crippen LogP contribution >= 0.6 is 11.6 Å². The lowest BCUT2D eigenvalue weighted by Gasteiger charge is -2.09. The van der Waals surface area contributed by atoms with E-state index in [1.807, 2.05) is 0 Å². The summed E-state index contributed by atoms with van der Waals surface area (Å²) >= 11 is 5.75. The van der Waals surface area contributed by atoms with Gasteiger partial charge < -0.3 is 0 Å². The second-order valence-corrected chi connectivity index (χ2v) is 5.31. The van der Waals surface area contributed by atoms with Crippen LogP contribution in [0.25, 0.3) is 22.4 Å². The normalized spacial score (nSPS) is 11.4. The van der Waals surface area contributed by atoms with Crippen LogP contribution in [0, 0.1) is 12.7 Å². The standard InChI is InChI=1S/C15H10ClF3N4/c1-7-11(5-12(18)19)23-15-14(22-7)13(20-6-21-15)9-3-2-8(16)4-10(9)17/h2-4,6,12H,5H2,1H3. The van der Waals surface area contributed by atoms with Crippen LogP contribution in [0.2, 0.25) is 5.02 Å². The van der Waals surface area contributed by atoms with Crippen molar-refractivity contribution in [3.8, 4) is 11.3 Å². The van der Waals surface area contributed by atoms with Gasteiger partial charge in [-0.2, -0.15) is 0 Å². The van der Waals surface area contributed by atoms with Crippen LogP contribution in [0.4, 0.5) is 13.2 Å². The molecule has 8 heteroatoms. The summed E-state index contributed by atoms with van der Waals surface area (Å²) in [7, 11) is 0. The summed E-state index contributed by atoms with van der Waals surface area (Å²) in [5.74, 6) is -0.561. The van der Waals surface area contributed by atoms with Gasteiger partial charge in [-0.1, -0.05) is 11.6 Å². The minimum absolute atomic E-state index is 0.144. The maximum Gasteiger partial charge on any atom is 0.244 e. The molecule has 0 saturated heterocycles. The summed E-state index contributed by atoms with van der Waals surface area (Å²) in [6.07, 6.45) is -1.85. The first kappa shape index (κ1) is 15.6. The van der Waals surface area contributed by atoms with Crippen molar-refractivity contribution in [3.63, 3.8) is 0 Å². The molecule has 118 valence electrons. The van der Waals surface area contributed by atoms with E-state index in [4.69, 9.17) is 11.6 Å². The van der Waals surface area contributed by atoms with E-state index in [1.165, 1.54) is 18.5 Å². The molecule has 1 aromatic carbocycles. The number of aryl methyl sites for hydroxylation is 1. The second kappa shape index (κ2) is 6.08. The molecule has 0 bridgehead atoms. The number of fused-ring (bicyclic) bond motifs is 1. The minimum Gasteiger partial charge on any atom is -0.246 e. The van der Waals surface area contributed by atoms with Crippen LogP contribution in [0.3, 0.4) is 0 Å². The Labute approximate surface area is 134 Å². The van der Waals surface area contributed by atoms with Crippen molar-refractivity contribution in [2.24, 2.45) is 0 Å². The van der Waals surface area contributed by atoms with E-state index in [9.17, 15) is 13.2 Å². The van der Waals surface area contributed by atoms with E-state index in [0.717, 1.165) is 6.07 Å². The molecule has 0 atom stereocenters. The molecule has 23 heavy (non-hydrogen) atoms. The van der Waals surface area contributed by atoms with Gasteiger partial charge in [0, 0.05) is 10.6 Å². The zero-order valence-corrected chi connectivity index (χ0v) is 12.7. The number of hydrogen-bond donors (Lipinski definition) is 0. The first-order valence-electron chi connectivity index (χ1n) is 6.67. The highest BCUT2D eigenvalue weighted by Crippen LogP contribution is 2.28. The summed E-state index contributed by atoms with van der Waals surface area (Å²) in [5, 5.41) is 0.256. The van der Waals surface area contributed by atoms with Crippen LogP contribution in [-0.2, 0) is 6.42 Å². The van der Waals surface area contributed by atoms with Gasteiger partial charge in [-0.25, -0.2) is 33.1 Å². The third-order valence-electron chi connectivity index (χ3n) is 3.27. The summed E-state index contributed by atoms with van der Waals surface area (Å²) in [6, 6.07) is 4.17. The number of halogens is 4. The average Bonchev–Trinajstić information content (AvgIpc) is 2.47. The number of benzene rings is 1. The van der Waals surface area contributed by atoms with Crippen LogP contribution in [0.1, 0.15) is 11.4 Å². The van der Waals surface area contributed by atoms with E-state index in [2.05, 4.69) is 19.9 Å². The Hall–Kier alpha value is -2.28. The van der Waals surface area contributed by atoms with Crippen molar-refractivity contribution in [2.75, 3.05) is 0 Å². The molecule has 0 aliphatic carbocycles. The van der Waals surface area contributed by atoms with E-state index in [1.54, 1.807) is 6.92 Å². The maximum atomic E-state index is 14.1. The molecule has 0 spiro atoms. The minimum atomic E-state index is -2.53. The highest BCUT2D eigenvalue weighted by molar-refractivity contribution is 6.30. The first-order valence-corrected chi connectivity index (χ1v) is 7.05. The van der Waals surface area contributed by atoms with Crippen LogP contribution in [0.5, 0.6) is 0 Å². The van der Waals surface area contributed by atoms with Gasteiger partial charge in [0.1, 0.15) is 23.4 Å². The van der Waals surface area contributed by atoms with Gasteiger partial charge in [0.25, 0.3) is 0 Å². The molecule has 3 rings (SSSR count). The van der Waals surface area contributed by atoms with Gasteiger partial charge in [-0.3, -0.25) is 0 Å². The molecule has 0 aliphatic rings. The molecule has 3 aromatic rings. The smallest absolute Gasteiger partial charge is 0.244 e. The quantitative estimate of drug-likeness (QED) is 0.724. The largest absolute Gasteiger partial charge is 0.246 e. The molecule has 0 saturated carbocycles. The zero-order chi connectivity index (χ0) is 16.6. The Morgan fingerprint density at radius 3 is 2.65 bits per heavy atom. The highest BCUT2D eigenvalue weighted by Gasteiger charge is 2.17. The lowest BCUT2D eigenvalue weighted by molar-refractivity contribution is 0.147. The Kier molecular flexibility index (Phi) is 4.12. The topological polar surface area (TPSA) is 51.6 Å². The number of alkyl halides is 2. The van der Waals surface area contributed by atoms with Gasteiger partial charge in [0.05, 0.1) is 17.8 Å². The Bertz CT molecular complexity index is 886. The van der Waals surface area contributed by atoms with Crippen LogP contribution in [-0.4, -0.2) is 26.4 Å². The van der Waals surface area contributed by atoms with Gasteiger partial charge in [0.2, 0.25) is 6.43 Å². The van der Waals surface area contributed by atoms with Crippen molar-refractivity contribution >= 4 is 22.8 Å². The molecular formula is C15H10ClF3N4. The SMILES string of the molecule is Cc1nc2c(-c3ccc(Cl)cc3F)ncnc2nc1CC(F)F. The Balaban J connectivity index is 2.21. The molecule has 0 radical (unpaired) electrons. The average molecular weight is 339 g/mol. The number of nitrogens with zero attached hydrogens (tertiary/aromatic N) is 4. The molecular weight excluding hydrogens is 329 g/mol. The fourth-order valence-corrected chi connectivity index (χ4v) is 2.37. The van der Waals surface area contributed by atoms with Crippen molar-refractivity contribution < 1.29 is 13.2 Å². The van der Waals surface area contributed by atoms with Gasteiger partial charge >= 0.3 is 0 Å². The number of aromatic nitrogens is 4. The highest BCUT2D eigenvalue weighted by atomic mass is 35.5. The molecule has 0 fully saturated rings. The predicted octanol–water partition coefficient (Wildman–Crippen LogP) is 4.00. The van der Waals surface area contributed by atoms with E-state index < -0.39 is 18.7 Å². The van der Waals surface area contributed by atoms with Gasteiger partial charge in [-0.15, -0.1) is 0 Å². The van der Waals surface area contributed by atoms with E-state index in [0.29, 0.717) is 5.69 Å². The van der Waals surface area contributed by atoms with E-state index >= 15 is 0 Å². The van der Waals surface area contributed by atoms with E-state index in [-0.39, 0.29) is 33.1 Å². The lowest BCUT2D eigenvalue weighted by atomic mass is 10.1. The molecule has 0 aliphatic heterocycles. The molecule has 0 amide bonds. The fraction of sp³-hybridized carbons (Fsp3) is 0.200. The van der Waals surface area contributed by atoms with Crippen LogP contribution < -0.4 is 0 Å². The van der Waals surface area contributed by atoms with Crippen molar-refractivity contribution in [3.05, 3.63) is 46.8 Å². The van der Waals surface area contributed by atoms with Gasteiger partial charge in [0.15, 0.2) is 5.65 Å². The van der Waals surface area contributed by atoms with Crippen molar-refractivity contribution in [2.45, 2.75) is 19.8 Å². The molecule has 0 N–H and O–H groups in total. The monoisotopic (exact) mass is 338 g/mol. The third-order valence-corrected chi connectivity index (χ3v) is 3.51. The summed E-state index contributed by atoms with van der Waals surface area (Å²) < 4.78 is 39.3. The van der Waals surface area contributed by atoms with Gasteiger partial charge in [-0.05, 0) is 25.1 Å². The summed E-state index contributed by atoms with van der Waals surface area (Å²) in [6.45, 7) is 1.57. The number of rotatable bonds is 3. The second-order valence-electron chi connectivity index (χ2n) is 4.87. The molecule has 0 unspecified atom stereocenters. The number of hydrogen-bond acceptors (Lipinski definition) is 4. The summed E-state index contributed by atoms with van der Waals surface area (Å²) in [5.41, 5.74) is 1.33. The zero-order valence-electron chi connectivity index (χ0n) is 11.9. The predicted molar refractivity (Wildman–Crippen MR) is 80.0 cm³/mol. The van der Waals surface area contributed by atoms with Crippen LogP contribution in [0.15, 0.2) is 24.5 Å². The lowest BCUT2D eigenvalue weighted by Crippen LogP contribution is -2.06. The fourth-order valence-electron chi connectivity index (χ4n) is 2.21. The molecule has 4 nitrogen and oxygen atoms in total. The van der Waals surface area contributed by atoms with Crippen molar-refractivity contribution in [1.82, 2.24) is 19.9 Å².